The van der Waals surface area contributed by atoms with Gasteiger partial charge in [0, 0.05) is 17.0 Å². The van der Waals surface area contributed by atoms with E-state index in [1.165, 1.54) is 16.2 Å². The van der Waals surface area contributed by atoms with Crippen molar-refractivity contribution < 1.29 is 24.2 Å². The third-order valence-corrected chi connectivity index (χ3v) is 6.21. The van der Waals surface area contributed by atoms with Crippen LogP contribution in [0, 0.1) is 0 Å². The predicted octanol–water partition coefficient (Wildman–Crippen LogP) is 4.78. The van der Waals surface area contributed by atoms with Gasteiger partial charge in [-0.15, -0.1) is 11.3 Å². The first kappa shape index (κ1) is 21.6. The fourth-order valence-corrected chi connectivity index (χ4v) is 4.61. The molecule has 7 heteroatoms. The molecule has 1 atom stereocenters. The Labute approximate surface area is 190 Å². The van der Waals surface area contributed by atoms with Crippen molar-refractivity contribution in [2.24, 2.45) is 0 Å². The zero-order valence-electron chi connectivity index (χ0n) is 17.8. The predicted molar refractivity (Wildman–Crippen MR) is 123 cm³/mol. The molecular weight excluding hydrogens is 426 g/mol. The Kier molecular flexibility index (Phi) is 6.28. The Morgan fingerprint density at radius 1 is 1.06 bits per heavy atom. The van der Waals surface area contributed by atoms with Crippen LogP contribution in [0.25, 0.3) is 5.76 Å². The number of methoxy groups -OCH3 is 1. The highest BCUT2D eigenvalue weighted by atomic mass is 32.1. The monoisotopic (exact) mass is 449 g/mol. The van der Waals surface area contributed by atoms with Gasteiger partial charge in [-0.3, -0.25) is 9.59 Å². The van der Waals surface area contributed by atoms with Gasteiger partial charge in [0.1, 0.15) is 17.3 Å². The average molecular weight is 450 g/mol. The number of benzene rings is 2. The SMILES string of the molecule is CCOc1cccc(/C(O)=C2/C(=O)C(=O)N(Cc3ccc(OC)cc3)C2c2cccs2)c1. The van der Waals surface area contributed by atoms with Gasteiger partial charge in [0.2, 0.25) is 0 Å². The molecule has 2 aromatic carbocycles. The van der Waals surface area contributed by atoms with Gasteiger partial charge < -0.3 is 19.5 Å². The van der Waals surface area contributed by atoms with Crippen molar-refractivity contribution in [1.29, 1.82) is 0 Å². The van der Waals surface area contributed by atoms with Crippen LogP contribution in [0.3, 0.4) is 0 Å². The minimum atomic E-state index is -0.698. The second kappa shape index (κ2) is 9.28. The summed E-state index contributed by atoms with van der Waals surface area (Å²) in [5, 5.41) is 13.0. The molecule has 1 aliphatic heterocycles. The number of carbonyl (C=O) groups is 2. The number of carbonyl (C=O) groups excluding carboxylic acids is 2. The maximum atomic E-state index is 13.1. The van der Waals surface area contributed by atoms with Gasteiger partial charge in [0.15, 0.2) is 0 Å². The molecule has 0 bridgehead atoms. The number of aliphatic hydroxyl groups excluding tert-OH is 1. The van der Waals surface area contributed by atoms with Crippen molar-refractivity contribution >= 4 is 28.8 Å². The van der Waals surface area contributed by atoms with Gasteiger partial charge >= 0.3 is 0 Å². The first-order valence-corrected chi connectivity index (χ1v) is 11.1. The van der Waals surface area contributed by atoms with E-state index >= 15 is 0 Å². The molecule has 6 nitrogen and oxygen atoms in total. The summed E-state index contributed by atoms with van der Waals surface area (Å²) in [6, 6.07) is 17.3. The Morgan fingerprint density at radius 3 is 2.50 bits per heavy atom. The number of thiophene rings is 1. The van der Waals surface area contributed by atoms with Crippen molar-refractivity contribution in [3.63, 3.8) is 0 Å². The van der Waals surface area contributed by atoms with E-state index < -0.39 is 17.7 Å². The number of amides is 1. The molecule has 1 aromatic heterocycles. The standard InChI is InChI=1S/C25H23NO5S/c1-3-31-19-7-4-6-17(14-19)23(27)21-22(20-8-5-13-32-20)26(25(29)24(21)28)15-16-9-11-18(30-2)12-10-16/h4-14,22,27H,3,15H2,1-2H3/b23-21-. The number of rotatable bonds is 7. The molecule has 4 rings (SSSR count). The van der Waals surface area contributed by atoms with E-state index in [-0.39, 0.29) is 17.9 Å². The molecule has 1 N–H and O–H groups in total. The van der Waals surface area contributed by atoms with Crippen LogP contribution in [0.2, 0.25) is 0 Å². The van der Waals surface area contributed by atoms with Crippen molar-refractivity contribution in [2.75, 3.05) is 13.7 Å². The molecule has 32 heavy (non-hydrogen) atoms. The maximum absolute atomic E-state index is 13.1. The van der Waals surface area contributed by atoms with Gasteiger partial charge in [-0.1, -0.05) is 30.3 Å². The molecule has 0 aliphatic carbocycles. The molecule has 1 saturated heterocycles. The lowest BCUT2D eigenvalue weighted by atomic mass is 9.99. The number of aliphatic hydroxyl groups is 1. The number of likely N-dealkylation sites (tertiary alicyclic amines) is 1. The summed E-state index contributed by atoms with van der Waals surface area (Å²) in [6.07, 6.45) is 0. The van der Waals surface area contributed by atoms with Gasteiger partial charge in [-0.05, 0) is 48.2 Å². The molecule has 1 fully saturated rings. The van der Waals surface area contributed by atoms with E-state index in [2.05, 4.69) is 0 Å². The van der Waals surface area contributed by atoms with Crippen molar-refractivity contribution in [2.45, 2.75) is 19.5 Å². The Balaban J connectivity index is 1.77. The first-order valence-electron chi connectivity index (χ1n) is 10.2. The van der Waals surface area contributed by atoms with Gasteiger partial charge in [0.25, 0.3) is 11.7 Å². The highest BCUT2D eigenvalue weighted by Crippen LogP contribution is 2.42. The highest BCUT2D eigenvalue weighted by molar-refractivity contribution is 7.10. The number of ether oxygens (including phenoxy) is 2. The Morgan fingerprint density at radius 2 is 1.84 bits per heavy atom. The van der Waals surface area contributed by atoms with Crippen LogP contribution in [0.15, 0.2) is 71.6 Å². The van der Waals surface area contributed by atoms with Crippen molar-refractivity contribution in [3.05, 3.63) is 87.6 Å². The van der Waals surface area contributed by atoms with E-state index in [0.29, 0.717) is 23.7 Å². The summed E-state index contributed by atoms with van der Waals surface area (Å²) in [5.74, 6) is -0.255. The molecule has 0 saturated carbocycles. The quantitative estimate of drug-likeness (QED) is 0.319. The van der Waals surface area contributed by atoms with Crippen LogP contribution in [0.4, 0.5) is 0 Å². The van der Waals surface area contributed by atoms with E-state index in [4.69, 9.17) is 9.47 Å². The van der Waals surface area contributed by atoms with Crippen LogP contribution in [-0.2, 0) is 16.1 Å². The Hall–Kier alpha value is -3.58. The lowest BCUT2D eigenvalue weighted by Gasteiger charge is -2.24. The van der Waals surface area contributed by atoms with Crippen LogP contribution >= 0.6 is 11.3 Å². The number of ketones is 1. The van der Waals surface area contributed by atoms with Crippen LogP contribution in [0.5, 0.6) is 11.5 Å². The average Bonchev–Trinajstić information content (AvgIpc) is 3.42. The summed E-state index contributed by atoms with van der Waals surface area (Å²) in [4.78, 5) is 28.4. The zero-order chi connectivity index (χ0) is 22.7. The smallest absolute Gasteiger partial charge is 0.295 e. The minimum absolute atomic E-state index is 0.0830. The second-order valence-electron chi connectivity index (χ2n) is 7.25. The summed E-state index contributed by atoms with van der Waals surface area (Å²) < 4.78 is 10.7. The van der Waals surface area contributed by atoms with E-state index in [1.54, 1.807) is 31.4 Å². The normalized spacial score (nSPS) is 17.6. The minimum Gasteiger partial charge on any atom is -0.507 e. The Bertz CT molecular complexity index is 1150. The molecule has 2 heterocycles. The fourth-order valence-electron chi connectivity index (χ4n) is 3.77. The van der Waals surface area contributed by atoms with Gasteiger partial charge in [0.05, 0.1) is 25.3 Å². The fraction of sp³-hybridized carbons (Fsp3) is 0.200. The molecule has 1 aliphatic rings. The molecule has 0 spiro atoms. The van der Waals surface area contributed by atoms with Crippen LogP contribution in [0.1, 0.15) is 29.0 Å². The van der Waals surface area contributed by atoms with E-state index in [0.717, 1.165) is 10.4 Å². The highest BCUT2D eigenvalue weighted by Gasteiger charge is 2.46. The lowest BCUT2D eigenvalue weighted by molar-refractivity contribution is -0.140. The number of hydrogen-bond acceptors (Lipinski definition) is 6. The molecule has 1 unspecified atom stereocenters. The molecule has 164 valence electrons. The molecule has 1 amide bonds. The summed E-state index contributed by atoms with van der Waals surface area (Å²) in [7, 11) is 1.59. The van der Waals surface area contributed by atoms with Crippen LogP contribution in [-0.4, -0.2) is 35.4 Å². The summed E-state index contributed by atoms with van der Waals surface area (Å²) in [5.41, 5.74) is 1.37. The number of Topliss-reactive ketones (excluding diaryl/α,β-unsaturated/α-hetero) is 1. The lowest BCUT2D eigenvalue weighted by Crippen LogP contribution is -2.28. The second-order valence-corrected chi connectivity index (χ2v) is 8.23. The van der Waals surface area contributed by atoms with Crippen LogP contribution < -0.4 is 9.47 Å². The van der Waals surface area contributed by atoms with E-state index in [1.807, 2.05) is 48.7 Å². The number of hydrogen-bond donors (Lipinski definition) is 1. The van der Waals surface area contributed by atoms with Crippen molar-refractivity contribution in [3.8, 4) is 11.5 Å². The third kappa shape index (κ3) is 4.11. The summed E-state index contributed by atoms with van der Waals surface area (Å²) >= 11 is 1.44. The maximum Gasteiger partial charge on any atom is 0.295 e. The molecule has 0 radical (unpaired) electrons. The topological polar surface area (TPSA) is 76.1 Å². The number of nitrogens with zero attached hydrogens (tertiary/aromatic N) is 1. The van der Waals surface area contributed by atoms with Crippen molar-refractivity contribution in [1.82, 2.24) is 4.90 Å². The summed E-state index contributed by atoms with van der Waals surface area (Å²) in [6.45, 7) is 2.58. The zero-order valence-corrected chi connectivity index (χ0v) is 18.6. The molecular formula is C25H23NO5S. The van der Waals surface area contributed by atoms with E-state index in [9.17, 15) is 14.7 Å². The van der Waals surface area contributed by atoms with Gasteiger partial charge in [-0.2, -0.15) is 0 Å². The largest absolute Gasteiger partial charge is 0.507 e. The van der Waals surface area contributed by atoms with Gasteiger partial charge in [-0.25, -0.2) is 0 Å². The molecule has 3 aromatic rings. The first-order chi connectivity index (χ1) is 15.5. The third-order valence-electron chi connectivity index (χ3n) is 5.28.